The number of nitrogens with zero attached hydrogens (tertiary/aromatic N) is 4. The predicted octanol–water partition coefficient (Wildman–Crippen LogP) is 2.66. The van der Waals surface area contributed by atoms with Gasteiger partial charge in [0.25, 0.3) is 0 Å². The van der Waals surface area contributed by atoms with Gasteiger partial charge in [-0.3, -0.25) is 4.79 Å². The Balaban J connectivity index is 1.55. The quantitative estimate of drug-likeness (QED) is 0.628. The molecule has 1 saturated heterocycles. The minimum absolute atomic E-state index is 0.103. The third-order valence-corrected chi connectivity index (χ3v) is 7.87. The smallest absolute Gasteiger partial charge is 0.309 e. The van der Waals surface area contributed by atoms with Gasteiger partial charge in [0.1, 0.15) is 12.1 Å². The van der Waals surface area contributed by atoms with Gasteiger partial charge < -0.3 is 9.64 Å². The van der Waals surface area contributed by atoms with E-state index in [0.29, 0.717) is 50.5 Å². The molecule has 166 valence electrons. The van der Waals surface area contributed by atoms with Crippen molar-refractivity contribution in [2.24, 2.45) is 5.92 Å². The van der Waals surface area contributed by atoms with Crippen LogP contribution in [0, 0.1) is 5.92 Å². The summed E-state index contributed by atoms with van der Waals surface area (Å²) >= 11 is 6.01. The lowest BCUT2D eigenvalue weighted by Crippen LogP contribution is -2.41. The lowest BCUT2D eigenvalue weighted by atomic mass is 9.96. The number of hydrogen-bond acceptors (Lipinski definition) is 7. The summed E-state index contributed by atoms with van der Waals surface area (Å²) in [5.74, 6) is 0.498. The third-order valence-electron chi connectivity index (χ3n) is 5.79. The van der Waals surface area contributed by atoms with E-state index in [1.54, 1.807) is 18.2 Å². The first-order valence-corrected chi connectivity index (χ1v) is 12.2. The van der Waals surface area contributed by atoms with E-state index in [4.69, 9.17) is 16.3 Å². The molecule has 2 aromatic rings. The first-order chi connectivity index (χ1) is 14.9. The number of rotatable bonds is 5. The molecule has 2 aliphatic heterocycles. The van der Waals surface area contributed by atoms with Crippen LogP contribution in [0.3, 0.4) is 0 Å². The molecule has 0 aliphatic carbocycles. The molecule has 31 heavy (non-hydrogen) atoms. The van der Waals surface area contributed by atoms with Crippen molar-refractivity contribution in [1.82, 2.24) is 14.3 Å². The van der Waals surface area contributed by atoms with E-state index >= 15 is 0 Å². The van der Waals surface area contributed by atoms with Crippen LogP contribution in [-0.2, 0) is 32.5 Å². The lowest BCUT2D eigenvalue weighted by Gasteiger charge is -2.35. The second-order valence-electron chi connectivity index (χ2n) is 7.68. The first kappa shape index (κ1) is 22.0. The maximum Gasteiger partial charge on any atom is 0.309 e. The van der Waals surface area contributed by atoms with Crippen LogP contribution in [0.4, 0.5) is 5.82 Å². The summed E-state index contributed by atoms with van der Waals surface area (Å²) in [4.78, 5) is 23.2. The Bertz CT molecular complexity index is 1070. The van der Waals surface area contributed by atoms with Gasteiger partial charge in [0.2, 0.25) is 10.0 Å². The zero-order valence-corrected chi connectivity index (χ0v) is 18.9. The van der Waals surface area contributed by atoms with Gasteiger partial charge in [0.05, 0.1) is 23.1 Å². The summed E-state index contributed by atoms with van der Waals surface area (Å²) in [6.07, 6.45) is 3.42. The molecular formula is C21H25ClN4O4S. The Kier molecular flexibility index (Phi) is 6.45. The van der Waals surface area contributed by atoms with E-state index in [1.165, 1.54) is 16.7 Å². The molecule has 3 heterocycles. The van der Waals surface area contributed by atoms with Gasteiger partial charge in [-0.15, -0.1) is 0 Å². The van der Waals surface area contributed by atoms with Crippen molar-refractivity contribution < 1.29 is 17.9 Å². The summed E-state index contributed by atoms with van der Waals surface area (Å²) in [6.45, 7) is 4.07. The minimum Gasteiger partial charge on any atom is -0.466 e. The van der Waals surface area contributed by atoms with Gasteiger partial charge in [-0.25, -0.2) is 18.4 Å². The molecule has 0 bridgehead atoms. The van der Waals surface area contributed by atoms with E-state index in [-0.39, 0.29) is 23.3 Å². The van der Waals surface area contributed by atoms with Crippen molar-refractivity contribution in [1.29, 1.82) is 0 Å². The highest BCUT2D eigenvalue weighted by atomic mass is 35.5. The molecule has 2 aliphatic rings. The van der Waals surface area contributed by atoms with Gasteiger partial charge in [0, 0.05) is 43.2 Å². The van der Waals surface area contributed by atoms with Crippen LogP contribution in [0.25, 0.3) is 0 Å². The average Bonchev–Trinajstić information content (AvgIpc) is 2.78. The zero-order chi connectivity index (χ0) is 22.0. The fourth-order valence-corrected chi connectivity index (χ4v) is 5.85. The van der Waals surface area contributed by atoms with Crippen molar-refractivity contribution in [3.8, 4) is 0 Å². The molecule has 0 spiro atoms. The Labute approximate surface area is 187 Å². The van der Waals surface area contributed by atoms with Gasteiger partial charge in [-0.1, -0.05) is 17.7 Å². The highest BCUT2D eigenvalue weighted by Crippen LogP contribution is 2.32. The Morgan fingerprint density at radius 1 is 1.23 bits per heavy atom. The molecule has 0 amide bonds. The monoisotopic (exact) mass is 464 g/mol. The molecule has 10 heteroatoms. The fourth-order valence-electron chi connectivity index (χ4n) is 4.14. The van der Waals surface area contributed by atoms with E-state index in [0.717, 1.165) is 17.1 Å². The minimum atomic E-state index is -3.69. The van der Waals surface area contributed by atoms with Crippen LogP contribution in [0.15, 0.2) is 35.5 Å². The van der Waals surface area contributed by atoms with Crippen molar-refractivity contribution in [3.05, 3.63) is 46.9 Å². The molecule has 0 atom stereocenters. The Morgan fingerprint density at radius 2 is 2.00 bits per heavy atom. The van der Waals surface area contributed by atoms with Crippen molar-refractivity contribution in [3.63, 3.8) is 0 Å². The molecule has 0 radical (unpaired) electrons. The SMILES string of the molecule is CCOC(=O)C1CCN(c2ncnc3c2CN(S(=O)(=O)c2cccc(Cl)c2)CC3)CC1. The number of carbonyl (C=O) groups is 1. The van der Waals surface area contributed by atoms with Gasteiger partial charge in [-0.05, 0) is 38.0 Å². The summed E-state index contributed by atoms with van der Waals surface area (Å²) in [5, 5.41) is 0.381. The van der Waals surface area contributed by atoms with Gasteiger partial charge >= 0.3 is 5.97 Å². The van der Waals surface area contributed by atoms with E-state index in [2.05, 4.69) is 14.9 Å². The fraction of sp³-hybridized carbons (Fsp3) is 0.476. The second kappa shape index (κ2) is 9.10. The summed E-state index contributed by atoms with van der Waals surface area (Å²) in [6, 6.07) is 6.31. The third kappa shape index (κ3) is 4.53. The van der Waals surface area contributed by atoms with Crippen LogP contribution in [0.5, 0.6) is 0 Å². The van der Waals surface area contributed by atoms with E-state index in [1.807, 2.05) is 6.92 Å². The van der Waals surface area contributed by atoms with Crippen molar-refractivity contribution in [2.45, 2.75) is 37.6 Å². The van der Waals surface area contributed by atoms with Crippen LogP contribution >= 0.6 is 11.6 Å². The number of halogens is 1. The van der Waals surface area contributed by atoms with Crippen molar-refractivity contribution in [2.75, 3.05) is 31.1 Å². The number of hydrogen-bond donors (Lipinski definition) is 0. The van der Waals surface area contributed by atoms with Crippen LogP contribution in [0.1, 0.15) is 31.0 Å². The number of ether oxygens (including phenoxy) is 1. The molecule has 8 nitrogen and oxygen atoms in total. The van der Waals surface area contributed by atoms with Crippen LogP contribution in [-0.4, -0.2) is 54.9 Å². The lowest BCUT2D eigenvalue weighted by molar-refractivity contribution is -0.148. The summed E-state index contributed by atoms with van der Waals surface area (Å²) in [7, 11) is -3.69. The molecule has 0 saturated carbocycles. The van der Waals surface area contributed by atoms with E-state index in [9.17, 15) is 13.2 Å². The molecule has 0 unspecified atom stereocenters. The molecule has 0 N–H and O–H groups in total. The predicted molar refractivity (Wildman–Crippen MR) is 116 cm³/mol. The molecule has 1 aromatic heterocycles. The molecule has 1 fully saturated rings. The Morgan fingerprint density at radius 3 is 2.71 bits per heavy atom. The molecule has 1 aromatic carbocycles. The number of benzene rings is 1. The highest BCUT2D eigenvalue weighted by molar-refractivity contribution is 7.89. The van der Waals surface area contributed by atoms with Crippen LogP contribution < -0.4 is 4.90 Å². The average molecular weight is 465 g/mol. The Hall–Kier alpha value is -2.23. The number of esters is 1. The van der Waals surface area contributed by atoms with Crippen LogP contribution in [0.2, 0.25) is 5.02 Å². The topological polar surface area (TPSA) is 92.7 Å². The molecule has 4 rings (SSSR count). The second-order valence-corrected chi connectivity index (χ2v) is 10.1. The van der Waals surface area contributed by atoms with Crippen molar-refractivity contribution >= 4 is 33.4 Å². The summed E-state index contributed by atoms with van der Waals surface area (Å²) in [5.41, 5.74) is 1.70. The number of fused-ring (bicyclic) bond motifs is 1. The van der Waals surface area contributed by atoms with Gasteiger partial charge in [0.15, 0.2) is 0 Å². The maximum atomic E-state index is 13.2. The number of aromatic nitrogens is 2. The first-order valence-electron chi connectivity index (χ1n) is 10.4. The van der Waals surface area contributed by atoms with Gasteiger partial charge in [-0.2, -0.15) is 4.31 Å². The maximum absolute atomic E-state index is 13.2. The van der Waals surface area contributed by atoms with E-state index < -0.39 is 10.0 Å². The standard InChI is InChI=1S/C21H25ClN4O4S/c1-2-30-21(27)15-6-9-25(10-7-15)20-18-13-26(11-8-19(18)23-14-24-20)31(28,29)17-5-3-4-16(22)12-17/h3-5,12,14-15H,2,6-11,13H2,1H3. The number of carbonyl (C=O) groups excluding carboxylic acids is 1. The highest BCUT2D eigenvalue weighted by Gasteiger charge is 2.33. The number of anilines is 1. The normalized spacial score (nSPS) is 17.9. The number of sulfonamides is 1. The number of piperidine rings is 1. The zero-order valence-electron chi connectivity index (χ0n) is 17.3. The summed E-state index contributed by atoms with van der Waals surface area (Å²) < 4.78 is 33.0. The molecular weight excluding hydrogens is 440 g/mol. The largest absolute Gasteiger partial charge is 0.466 e.